The number of carboxylic acid groups (broad SMARTS) is 1. The van der Waals surface area contributed by atoms with E-state index in [2.05, 4.69) is 10.2 Å². The van der Waals surface area contributed by atoms with Crippen LogP contribution in [0.25, 0.3) is 0 Å². The Kier molecular flexibility index (Phi) is 3.35. The summed E-state index contributed by atoms with van der Waals surface area (Å²) in [5.41, 5.74) is 0.840. The van der Waals surface area contributed by atoms with Gasteiger partial charge in [-0.1, -0.05) is 34.9 Å². The van der Waals surface area contributed by atoms with Gasteiger partial charge in [-0.15, -0.1) is 5.10 Å². The summed E-state index contributed by atoms with van der Waals surface area (Å²) in [5.74, 6) is 0. The number of nitrogens with zero attached hydrogens (tertiary/aromatic N) is 3. The molecule has 1 aromatic rings. The average Bonchev–Trinajstić information content (AvgIpc) is 2.37. The Morgan fingerprint density at radius 2 is 1.90 bits per heavy atom. The monoisotopic (exact) mass is 286 g/mol. The minimum Gasteiger partial charge on any atom is -0.462 e. The molecule has 9 heteroatoms. The maximum Gasteiger partial charge on any atom is 0.449 e. The van der Waals surface area contributed by atoms with Crippen LogP contribution >= 0.6 is 0 Å². The van der Waals surface area contributed by atoms with Crippen molar-refractivity contribution in [1.82, 2.24) is 10.7 Å². The molecule has 0 saturated carbocycles. The number of hydrazone groups is 2. The number of halogens is 3. The molecule has 1 amide bonds. The fraction of sp³-hybridized carbons (Fsp3) is 0.182. The summed E-state index contributed by atoms with van der Waals surface area (Å²) in [5, 5.41) is 15.4. The molecule has 0 unspecified atom stereocenters. The summed E-state index contributed by atoms with van der Waals surface area (Å²) in [6, 6.07) is 6.03. The molecule has 106 valence electrons. The zero-order chi connectivity index (χ0) is 14.9. The predicted molar refractivity (Wildman–Crippen MR) is 64.2 cm³/mol. The molecule has 1 heterocycles. The topological polar surface area (TPSA) is 77.3 Å². The molecule has 1 aliphatic heterocycles. The number of hydrogen-bond donors (Lipinski definition) is 2. The molecule has 0 spiro atoms. The third kappa shape index (κ3) is 2.71. The third-order valence-corrected chi connectivity index (χ3v) is 2.46. The van der Waals surface area contributed by atoms with Crippen molar-refractivity contribution in [2.45, 2.75) is 13.1 Å². The van der Waals surface area contributed by atoms with Gasteiger partial charge < -0.3 is 5.11 Å². The van der Waals surface area contributed by atoms with Gasteiger partial charge in [0.1, 0.15) is 5.71 Å². The molecule has 1 aromatic carbocycles. The van der Waals surface area contributed by atoms with Gasteiger partial charge in [0.25, 0.3) is 0 Å². The highest BCUT2D eigenvalue weighted by Gasteiger charge is 2.42. The second-order valence-corrected chi connectivity index (χ2v) is 3.97. The maximum absolute atomic E-state index is 12.9. The highest BCUT2D eigenvalue weighted by Crippen LogP contribution is 2.23. The van der Waals surface area contributed by atoms with E-state index in [0.29, 0.717) is 0 Å². The van der Waals surface area contributed by atoms with Crippen LogP contribution in [0.15, 0.2) is 34.5 Å². The molecule has 2 rings (SSSR count). The van der Waals surface area contributed by atoms with Gasteiger partial charge in [0, 0.05) is 5.56 Å². The lowest BCUT2D eigenvalue weighted by molar-refractivity contribution is -0.0581. The van der Waals surface area contributed by atoms with Crippen LogP contribution < -0.4 is 5.53 Å². The van der Waals surface area contributed by atoms with Gasteiger partial charge in [0.15, 0.2) is 5.71 Å². The van der Waals surface area contributed by atoms with Crippen molar-refractivity contribution in [3.8, 4) is 0 Å². The van der Waals surface area contributed by atoms with Crippen molar-refractivity contribution in [2.75, 3.05) is 0 Å². The molecule has 20 heavy (non-hydrogen) atoms. The van der Waals surface area contributed by atoms with Crippen LogP contribution in [0, 0.1) is 6.92 Å². The van der Waals surface area contributed by atoms with Gasteiger partial charge in [0.05, 0.1) is 0 Å². The fourth-order valence-electron chi connectivity index (χ4n) is 1.51. The number of aryl methyl sites for hydroxylation is 1. The lowest BCUT2D eigenvalue weighted by Gasteiger charge is -2.22. The first-order chi connectivity index (χ1) is 9.29. The number of rotatable bonds is 1. The molecule has 0 aliphatic carbocycles. The standard InChI is InChI=1S/C11H9F3N4O2/c1-6-2-4-7(5-3-6)8-9(11(12,13)14)15-17-18(16-8)10(19)20/h2-5,17H,1H3,(H,19,20). The Hall–Kier alpha value is -2.58. The molecule has 0 fully saturated rings. The van der Waals surface area contributed by atoms with Crippen LogP contribution in [0.4, 0.5) is 18.0 Å². The summed E-state index contributed by atoms with van der Waals surface area (Å²) in [6.07, 6.45) is -6.32. The van der Waals surface area contributed by atoms with Crippen LogP contribution in [0.2, 0.25) is 0 Å². The minimum absolute atomic E-state index is 0.124. The molecule has 2 N–H and O–H groups in total. The average molecular weight is 286 g/mol. The highest BCUT2D eigenvalue weighted by atomic mass is 19.4. The number of alkyl halides is 3. The zero-order valence-corrected chi connectivity index (χ0v) is 10.1. The second kappa shape index (κ2) is 4.83. The molecule has 0 saturated heterocycles. The van der Waals surface area contributed by atoms with E-state index in [-0.39, 0.29) is 10.7 Å². The lowest BCUT2D eigenvalue weighted by Crippen LogP contribution is -2.45. The normalized spacial score (nSPS) is 15.3. The number of benzene rings is 1. The van der Waals surface area contributed by atoms with Crippen LogP contribution in [0.3, 0.4) is 0 Å². The third-order valence-electron chi connectivity index (χ3n) is 2.46. The molecule has 1 aliphatic rings. The Bertz CT molecular complexity index is 593. The quantitative estimate of drug-likeness (QED) is 0.830. The molecule has 6 nitrogen and oxygen atoms in total. The van der Waals surface area contributed by atoms with Crippen molar-refractivity contribution in [2.24, 2.45) is 10.2 Å². The highest BCUT2D eigenvalue weighted by molar-refractivity contribution is 6.50. The number of carbonyl (C=O) groups is 1. The molecular weight excluding hydrogens is 277 g/mol. The minimum atomic E-state index is -4.75. The SMILES string of the molecule is Cc1ccc(C2=NN(C(=O)O)NN=C2C(F)(F)F)cc1. The van der Waals surface area contributed by atoms with E-state index in [4.69, 9.17) is 5.11 Å². The van der Waals surface area contributed by atoms with E-state index in [1.165, 1.54) is 12.1 Å². The van der Waals surface area contributed by atoms with E-state index in [1.54, 1.807) is 24.6 Å². The molecule has 0 atom stereocenters. The summed E-state index contributed by atoms with van der Waals surface area (Å²) < 4.78 is 38.6. The Balaban J connectivity index is 2.49. The van der Waals surface area contributed by atoms with Crippen molar-refractivity contribution in [3.63, 3.8) is 0 Å². The first-order valence-corrected chi connectivity index (χ1v) is 5.38. The maximum atomic E-state index is 12.9. The molecule has 0 radical (unpaired) electrons. The zero-order valence-electron chi connectivity index (χ0n) is 10.1. The van der Waals surface area contributed by atoms with Crippen molar-refractivity contribution < 1.29 is 23.1 Å². The lowest BCUT2D eigenvalue weighted by atomic mass is 10.0. The van der Waals surface area contributed by atoms with Crippen molar-refractivity contribution in [1.29, 1.82) is 0 Å². The van der Waals surface area contributed by atoms with Crippen LogP contribution in [-0.2, 0) is 0 Å². The van der Waals surface area contributed by atoms with Gasteiger partial charge in [-0.2, -0.15) is 23.8 Å². The van der Waals surface area contributed by atoms with E-state index < -0.39 is 23.7 Å². The van der Waals surface area contributed by atoms with Gasteiger partial charge in [-0.25, -0.2) is 4.79 Å². The van der Waals surface area contributed by atoms with E-state index in [0.717, 1.165) is 5.56 Å². The predicted octanol–water partition coefficient (Wildman–Crippen LogP) is 2.12. The molecule has 0 aromatic heterocycles. The number of hydrazine groups is 1. The summed E-state index contributed by atoms with van der Waals surface area (Å²) in [4.78, 5) is 10.7. The number of nitrogens with one attached hydrogen (secondary N) is 1. The van der Waals surface area contributed by atoms with Gasteiger partial charge in [-0.05, 0) is 6.92 Å². The first kappa shape index (κ1) is 13.8. The molecular formula is C11H9F3N4O2. The Morgan fingerprint density at radius 1 is 1.30 bits per heavy atom. The van der Waals surface area contributed by atoms with Crippen molar-refractivity contribution >= 4 is 17.5 Å². The largest absolute Gasteiger partial charge is 0.462 e. The van der Waals surface area contributed by atoms with Crippen LogP contribution in [0.1, 0.15) is 11.1 Å². The number of amides is 1. The van der Waals surface area contributed by atoms with Gasteiger partial charge in [0.2, 0.25) is 0 Å². The fourth-order valence-corrected chi connectivity index (χ4v) is 1.51. The van der Waals surface area contributed by atoms with Gasteiger partial charge >= 0.3 is 12.3 Å². The summed E-state index contributed by atoms with van der Waals surface area (Å²) >= 11 is 0. The second-order valence-electron chi connectivity index (χ2n) is 3.97. The van der Waals surface area contributed by atoms with E-state index in [1.807, 2.05) is 0 Å². The van der Waals surface area contributed by atoms with E-state index >= 15 is 0 Å². The van der Waals surface area contributed by atoms with E-state index in [9.17, 15) is 18.0 Å². The number of hydrogen-bond acceptors (Lipinski definition) is 4. The first-order valence-electron chi connectivity index (χ1n) is 5.38. The smallest absolute Gasteiger partial charge is 0.449 e. The molecule has 0 bridgehead atoms. The van der Waals surface area contributed by atoms with Gasteiger partial charge in [-0.3, -0.25) is 0 Å². The summed E-state index contributed by atoms with van der Waals surface area (Å²) in [6.45, 7) is 1.77. The van der Waals surface area contributed by atoms with Crippen LogP contribution in [-0.4, -0.2) is 33.9 Å². The summed E-state index contributed by atoms with van der Waals surface area (Å²) in [7, 11) is 0. The van der Waals surface area contributed by atoms with Crippen molar-refractivity contribution in [3.05, 3.63) is 35.4 Å². The van der Waals surface area contributed by atoms with Crippen LogP contribution in [0.5, 0.6) is 0 Å². The Morgan fingerprint density at radius 3 is 2.40 bits per heavy atom. The Labute approximate surface area is 111 Å².